The Kier molecular flexibility index (Phi) is 4.92. The van der Waals surface area contributed by atoms with Gasteiger partial charge in [-0.25, -0.2) is 0 Å². The standard InChI is InChI=1S/C16H19ClO/c1-10(2)15(13(5)18)9-11(3)14-6-7-16(17)12(4)8-14/h6-8,15H,1,3,9H2,2,4-5H3. The predicted molar refractivity (Wildman–Crippen MR) is 78.8 cm³/mol. The minimum absolute atomic E-state index is 0.134. The molecule has 0 aromatic heterocycles. The summed E-state index contributed by atoms with van der Waals surface area (Å²) in [7, 11) is 0. The Balaban J connectivity index is 2.90. The van der Waals surface area contributed by atoms with Gasteiger partial charge in [0.25, 0.3) is 0 Å². The molecule has 0 heterocycles. The summed E-state index contributed by atoms with van der Waals surface area (Å²) in [5.41, 5.74) is 3.88. The van der Waals surface area contributed by atoms with Gasteiger partial charge in [0.2, 0.25) is 0 Å². The Bertz CT molecular complexity index is 486. The van der Waals surface area contributed by atoms with Crippen LogP contribution >= 0.6 is 11.6 Å². The molecule has 0 spiro atoms. The number of halogens is 1. The summed E-state index contributed by atoms with van der Waals surface area (Å²) in [6.45, 7) is 13.4. The van der Waals surface area contributed by atoms with Crippen LogP contribution in [0.2, 0.25) is 5.02 Å². The highest BCUT2D eigenvalue weighted by molar-refractivity contribution is 6.31. The second-order valence-electron chi connectivity index (χ2n) is 4.78. The van der Waals surface area contributed by atoms with Gasteiger partial charge >= 0.3 is 0 Å². The molecule has 1 unspecified atom stereocenters. The minimum atomic E-state index is -0.145. The number of ketones is 1. The molecule has 0 aliphatic rings. The largest absolute Gasteiger partial charge is 0.299 e. The summed E-state index contributed by atoms with van der Waals surface area (Å²) in [6.07, 6.45) is 0.617. The number of rotatable bonds is 5. The van der Waals surface area contributed by atoms with E-state index in [2.05, 4.69) is 13.2 Å². The molecular formula is C16H19ClO. The zero-order valence-corrected chi connectivity index (χ0v) is 12.0. The second-order valence-corrected chi connectivity index (χ2v) is 5.19. The molecule has 0 aliphatic carbocycles. The van der Waals surface area contributed by atoms with Crippen molar-refractivity contribution in [3.8, 4) is 0 Å². The molecule has 0 N–H and O–H groups in total. The normalized spacial score (nSPS) is 12.0. The van der Waals surface area contributed by atoms with Gasteiger partial charge in [0.15, 0.2) is 0 Å². The van der Waals surface area contributed by atoms with Crippen LogP contribution in [0.25, 0.3) is 5.57 Å². The Morgan fingerprint density at radius 2 is 1.94 bits per heavy atom. The zero-order valence-electron chi connectivity index (χ0n) is 11.2. The first-order chi connectivity index (χ1) is 8.32. The van der Waals surface area contributed by atoms with E-state index in [1.165, 1.54) is 0 Å². The average Bonchev–Trinajstić information content (AvgIpc) is 2.28. The molecule has 1 atom stereocenters. The number of carbonyl (C=O) groups excluding carboxylic acids is 1. The molecule has 0 radical (unpaired) electrons. The van der Waals surface area contributed by atoms with Gasteiger partial charge in [0.05, 0.1) is 0 Å². The van der Waals surface area contributed by atoms with E-state index in [1.54, 1.807) is 6.92 Å². The van der Waals surface area contributed by atoms with Gasteiger partial charge in [-0.3, -0.25) is 4.79 Å². The summed E-state index contributed by atoms with van der Waals surface area (Å²) < 4.78 is 0. The van der Waals surface area contributed by atoms with Gasteiger partial charge < -0.3 is 0 Å². The molecule has 1 aromatic carbocycles. The smallest absolute Gasteiger partial charge is 0.137 e. The van der Waals surface area contributed by atoms with Crippen molar-refractivity contribution in [3.05, 3.63) is 53.1 Å². The Labute approximate surface area is 114 Å². The number of carbonyl (C=O) groups is 1. The minimum Gasteiger partial charge on any atom is -0.299 e. The van der Waals surface area contributed by atoms with Crippen LogP contribution in [-0.4, -0.2) is 5.78 Å². The molecule has 1 aromatic rings. The third-order valence-electron chi connectivity index (χ3n) is 3.10. The number of benzene rings is 1. The monoisotopic (exact) mass is 262 g/mol. The summed E-state index contributed by atoms with van der Waals surface area (Å²) >= 11 is 5.99. The van der Waals surface area contributed by atoms with E-state index in [4.69, 9.17) is 11.6 Å². The number of Topliss-reactive ketones (excluding diaryl/α,β-unsaturated/α-hetero) is 1. The van der Waals surface area contributed by atoms with E-state index in [0.29, 0.717) is 6.42 Å². The Morgan fingerprint density at radius 3 is 2.39 bits per heavy atom. The molecule has 1 nitrogen and oxygen atoms in total. The van der Waals surface area contributed by atoms with E-state index >= 15 is 0 Å². The topological polar surface area (TPSA) is 17.1 Å². The molecule has 18 heavy (non-hydrogen) atoms. The lowest BCUT2D eigenvalue weighted by molar-refractivity contribution is -0.119. The van der Waals surface area contributed by atoms with Gasteiger partial charge in [-0.15, -0.1) is 0 Å². The maximum absolute atomic E-state index is 11.6. The lowest BCUT2D eigenvalue weighted by atomic mass is 9.88. The van der Waals surface area contributed by atoms with Crippen molar-refractivity contribution >= 4 is 23.0 Å². The zero-order chi connectivity index (χ0) is 13.9. The average molecular weight is 263 g/mol. The maximum atomic E-state index is 11.6. The third kappa shape index (κ3) is 3.58. The number of hydrogen-bond donors (Lipinski definition) is 0. The lowest BCUT2D eigenvalue weighted by Gasteiger charge is -2.16. The van der Waals surface area contributed by atoms with Crippen LogP contribution in [0.3, 0.4) is 0 Å². The van der Waals surface area contributed by atoms with Crippen LogP contribution in [-0.2, 0) is 4.79 Å². The molecule has 0 amide bonds. The van der Waals surface area contributed by atoms with Crippen molar-refractivity contribution in [2.45, 2.75) is 27.2 Å². The fourth-order valence-corrected chi connectivity index (χ4v) is 2.01. The molecule has 0 aliphatic heterocycles. The summed E-state index contributed by atoms with van der Waals surface area (Å²) in [4.78, 5) is 11.6. The van der Waals surface area contributed by atoms with Crippen molar-refractivity contribution in [2.24, 2.45) is 5.92 Å². The van der Waals surface area contributed by atoms with E-state index in [-0.39, 0.29) is 11.7 Å². The first-order valence-corrected chi connectivity index (χ1v) is 6.31. The third-order valence-corrected chi connectivity index (χ3v) is 3.53. The van der Waals surface area contributed by atoms with Crippen LogP contribution in [0, 0.1) is 12.8 Å². The number of hydrogen-bond acceptors (Lipinski definition) is 1. The van der Waals surface area contributed by atoms with Gasteiger partial charge in [0.1, 0.15) is 5.78 Å². The lowest BCUT2D eigenvalue weighted by Crippen LogP contribution is -2.12. The van der Waals surface area contributed by atoms with Crippen molar-refractivity contribution in [2.75, 3.05) is 0 Å². The van der Waals surface area contributed by atoms with E-state index < -0.39 is 0 Å². The van der Waals surface area contributed by atoms with Gasteiger partial charge in [0, 0.05) is 10.9 Å². The first kappa shape index (κ1) is 14.7. The van der Waals surface area contributed by atoms with Gasteiger partial charge in [-0.1, -0.05) is 42.5 Å². The summed E-state index contributed by atoms with van der Waals surface area (Å²) in [6, 6.07) is 5.80. The molecule has 0 bridgehead atoms. The van der Waals surface area contributed by atoms with Crippen molar-refractivity contribution < 1.29 is 4.79 Å². The fraction of sp³-hybridized carbons (Fsp3) is 0.312. The number of allylic oxidation sites excluding steroid dienone is 2. The van der Waals surface area contributed by atoms with Crippen LogP contribution in [0.1, 0.15) is 31.4 Å². The Hall–Kier alpha value is -1.34. The molecule has 1 rings (SSSR count). The number of aryl methyl sites for hydroxylation is 1. The van der Waals surface area contributed by atoms with Crippen molar-refractivity contribution in [1.29, 1.82) is 0 Å². The van der Waals surface area contributed by atoms with Gasteiger partial charge in [-0.05, 0) is 50.0 Å². The van der Waals surface area contributed by atoms with Crippen molar-refractivity contribution in [1.82, 2.24) is 0 Å². The Morgan fingerprint density at radius 1 is 1.33 bits per heavy atom. The quantitative estimate of drug-likeness (QED) is 0.695. The molecule has 0 saturated carbocycles. The summed E-state index contributed by atoms with van der Waals surface area (Å²) in [5.74, 6) is -0.0113. The predicted octanol–water partition coefficient (Wildman–Crippen LogP) is 4.83. The SMILES string of the molecule is C=C(CC(C(=C)C)C(C)=O)c1ccc(Cl)c(C)c1. The van der Waals surface area contributed by atoms with E-state index in [1.807, 2.05) is 32.0 Å². The molecule has 2 heteroatoms. The second kappa shape index (κ2) is 6.01. The summed E-state index contributed by atoms with van der Waals surface area (Å²) in [5, 5.41) is 0.745. The van der Waals surface area contributed by atoms with Crippen LogP contribution in [0.15, 0.2) is 36.9 Å². The van der Waals surface area contributed by atoms with E-state index in [9.17, 15) is 4.79 Å². The maximum Gasteiger partial charge on any atom is 0.137 e. The van der Waals surface area contributed by atoms with Crippen LogP contribution in [0.4, 0.5) is 0 Å². The highest BCUT2D eigenvalue weighted by Gasteiger charge is 2.17. The molecular weight excluding hydrogens is 244 g/mol. The van der Waals surface area contributed by atoms with E-state index in [0.717, 1.165) is 27.3 Å². The van der Waals surface area contributed by atoms with Crippen molar-refractivity contribution in [3.63, 3.8) is 0 Å². The first-order valence-electron chi connectivity index (χ1n) is 5.93. The van der Waals surface area contributed by atoms with Crippen LogP contribution in [0.5, 0.6) is 0 Å². The molecule has 96 valence electrons. The van der Waals surface area contributed by atoms with Gasteiger partial charge in [-0.2, -0.15) is 0 Å². The highest BCUT2D eigenvalue weighted by Crippen LogP contribution is 2.27. The molecule has 0 fully saturated rings. The fourth-order valence-electron chi connectivity index (χ4n) is 1.89. The van der Waals surface area contributed by atoms with Crippen LogP contribution < -0.4 is 0 Å². The highest BCUT2D eigenvalue weighted by atomic mass is 35.5. The molecule has 0 saturated heterocycles.